The Labute approximate surface area is 148 Å². The number of benzene rings is 3. The van der Waals surface area contributed by atoms with E-state index in [1.165, 1.54) is 12.1 Å². The van der Waals surface area contributed by atoms with Crippen LogP contribution in [0.2, 0.25) is 0 Å². The number of alkyl halides is 3. The maximum Gasteiger partial charge on any atom is 0.416 e. The molecule has 0 aliphatic carbocycles. The lowest BCUT2D eigenvalue weighted by molar-refractivity contribution is -0.137. The minimum atomic E-state index is -4.40. The number of rotatable bonds is 5. The number of carbonyl (C=O) groups is 1. The third kappa shape index (κ3) is 4.53. The molecule has 1 amide bonds. The molecule has 26 heavy (non-hydrogen) atoms. The van der Waals surface area contributed by atoms with Crippen molar-refractivity contribution in [3.05, 3.63) is 77.9 Å². The molecule has 0 spiro atoms. The fraction of sp³-hybridized carbons (Fsp3) is 0.150. The lowest BCUT2D eigenvalue weighted by Gasteiger charge is -2.10. The van der Waals surface area contributed by atoms with Gasteiger partial charge in [-0.15, -0.1) is 0 Å². The summed E-state index contributed by atoms with van der Waals surface area (Å²) in [7, 11) is 0. The van der Waals surface area contributed by atoms with Crippen LogP contribution in [0.15, 0.2) is 66.7 Å². The summed E-state index contributed by atoms with van der Waals surface area (Å²) in [5.74, 6) is 0.147. The SMILES string of the molecule is O=C(COc1ccc2ccccc2c1)NCc1cccc(C(F)(F)F)c1. The van der Waals surface area contributed by atoms with E-state index in [0.29, 0.717) is 11.3 Å². The Morgan fingerprint density at radius 3 is 2.46 bits per heavy atom. The molecule has 0 fully saturated rings. The van der Waals surface area contributed by atoms with Crippen molar-refractivity contribution in [3.8, 4) is 5.75 Å². The maximum atomic E-state index is 12.7. The summed E-state index contributed by atoms with van der Waals surface area (Å²) in [6, 6.07) is 18.1. The molecule has 3 nitrogen and oxygen atoms in total. The molecule has 0 bridgehead atoms. The third-order valence-electron chi connectivity index (χ3n) is 3.83. The third-order valence-corrected chi connectivity index (χ3v) is 3.83. The Balaban J connectivity index is 1.54. The van der Waals surface area contributed by atoms with Crippen LogP contribution < -0.4 is 10.1 Å². The molecule has 0 heterocycles. The van der Waals surface area contributed by atoms with Crippen molar-refractivity contribution in [2.45, 2.75) is 12.7 Å². The van der Waals surface area contributed by atoms with Gasteiger partial charge in [-0.05, 0) is 40.6 Å². The normalized spacial score (nSPS) is 11.3. The maximum absolute atomic E-state index is 12.7. The zero-order chi connectivity index (χ0) is 18.6. The highest BCUT2D eigenvalue weighted by Gasteiger charge is 2.30. The van der Waals surface area contributed by atoms with Crippen molar-refractivity contribution < 1.29 is 22.7 Å². The van der Waals surface area contributed by atoms with Crippen molar-refractivity contribution in [2.24, 2.45) is 0 Å². The zero-order valence-electron chi connectivity index (χ0n) is 13.7. The molecule has 0 saturated carbocycles. The minimum Gasteiger partial charge on any atom is -0.484 e. The van der Waals surface area contributed by atoms with Gasteiger partial charge in [0.15, 0.2) is 6.61 Å². The first kappa shape index (κ1) is 17.8. The second kappa shape index (κ2) is 7.47. The topological polar surface area (TPSA) is 38.3 Å². The van der Waals surface area contributed by atoms with E-state index >= 15 is 0 Å². The molecule has 0 aliphatic heterocycles. The van der Waals surface area contributed by atoms with Gasteiger partial charge in [0.2, 0.25) is 0 Å². The van der Waals surface area contributed by atoms with Crippen LogP contribution in [0, 0.1) is 0 Å². The fourth-order valence-corrected chi connectivity index (χ4v) is 2.52. The van der Waals surface area contributed by atoms with Gasteiger partial charge in [-0.2, -0.15) is 13.2 Å². The highest BCUT2D eigenvalue weighted by Crippen LogP contribution is 2.29. The van der Waals surface area contributed by atoms with E-state index in [-0.39, 0.29) is 13.2 Å². The molecule has 134 valence electrons. The van der Waals surface area contributed by atoms with Gasteiger partial charge in [-0.25, -0.2) is 0 Å². The summed E-state index contributed by atoms with van der Waals surface area (Å²) < 4.78 is 43.5. The monoisotopic (exact) mass is 359 g/mol. The van der Waals surface area contributed by atoms with E-state index in [9.17, 15) is 18.0 Å². The van der Waals surface area contributed by atoms with Crippen molar-refractivity contribution >= 4 is 16.7 Å². The van der Waals surface area contributed by atoms with Gasteiger partial charge < -0.3 is 10.1 Å². The summed E-state index contributed by atoms with van der Waals surface area (Å²) in [6.07, 6.45) is -4.40. The molecule has 0 saturated heterocycles. The summed E-state index contributed by atoms with van der Waals surface area (Å²) in [6.45, 7) is -0.207. The van der Waals surface area contributed by atoms with E-state index in [2.05, 4.69) is 5.32 Å². The Morgan fingerprint density at radius 2 is 1.69 bits per heavy atom. The van der Waals surface area contributed by atoms with Crippen molar-refractivity contribution in [1.29, 1.82) is 0 Å². The number of amides is 1. The first-order valence-electron chi connectivity index (χ1n) is 7.96. The highest BCUT2D eigenvalue weighted by atomic mass is 19.4. The molecule has 6 heteroatoms. The van der Waals surface area contributed by atoms with E-state index in [1.807, 2.05) is 36.4 Å². The highest BCUT2D eigenvalue weighted by molar-refractivity contribution is 5.84. The van der Waals surface area contributed by atoms with Gasteiger partial charge in [0, 0.05) is 6.54 Å². The predicted molar refractivity (Wildman–Crippen MR) is 92.7 cm³/mol. The van der Waals surface area contributed by atoms with Crippen LogP contribution >= 0.6 is 0 Å². The molecule has 3 rings (SSSR count). The van der Waals surface area contributed by atoms with Crippen LogP contribution in [-0.4, -0.2) is 12.5 Å². The van der Waals surface area contributed by atoms with E-state index in [1.54, 1.807) is 6.07 Å². The van der Waals surface area contributed by atoms with Crippen LogP contribution in [0.25, 0.3) is 10.8 Å². The Kier molecular flexibility index (Phi) is 5.11. The average Bonchev–Trinajstić information content (AvgIpc) is 2.64. The standard InChI is InChI=1S/C20H16F3NO2/c21-20(22,23)17-7-3-4-14(10-17)12-24-19(25)13-26-18-9-8-15-5-1-2-6-16(15)11-18/h1-11H,12-13H2,(H,24,25). The number of halogens is 3. The molecule has 0 radical (unpaired) electrons. The van der Waals surface area contributed by atoms with Gasteiger partial charge in [0.1, 0.15) is 5.75 Å². The first-order chi connectivity index (χ1) is 12.4. The number of carbonyl (C=O) groups excluding carboxylic acids is 1. The second-order valence-corrected chi connectivity index (χ2v) is 5.77. The van der Waals surface area contributed by atoms with E-state index < -0.39 is 17.6 Å². The molecule has 3 aromatic carbocycles. The van der Waals surface area contributed by atoms with Crippen LogP contribution in [0.4, 0.5) is 13.2 Å². The van der Waals surface area contributed by atoms with Gasteiger partial charge in [-0.1, -0.05) is 42.5 Å². The van der Waals surface area contributed by atoms with Gasteiger partial charge >= 0.3 is 6.18 Å². The Morgan fingerprint density at radius 1 is 0.923 bits per heavy atom. The van der Waals surface area contributed by atoms with Crippen LogP contribution in [0.3, 0.4) is 0 Å². The minimum absolute atomic E-state index is 0.00380. The molecule has 0 atom stereocenters. The average molecular weight is 359 g/mol. The Hall–Kier alpha value is -3.02. The van der Waals surface area contributed by atoms with Gasteiger partial charge in [0.05, 0.1) is 5.56 Å². The van der Waals surface area contributed by atoms with Crippen molar-refractivity contribution in [3.63, 3.8) is 0 Å². The summed E-state index contributed by atoms with van der Waals surface area (Å²) >= 11 is 0. The van der Waals surface area contributed by atoms with E-state index in [0.717, 1.165) is 22.9 Å². The molecular formula is C20H16F3NO2. The second-order valence-electron chi connectivity index (χ2n) is 5.77. The smallest absolute Gasteiger partial charge is 0.416 e. The summed E-state index contributed by atoms with van der Waals surface area (Å²) in [5, 5.41) is 4.61. The molecule has 0 unspecified atom stereocenters. The van der Waals surface area contributed by atoms with Crippen molar-refractivity contribution in [2.75, 3.05) is 6.61 Å². The predicted octanol–water partition coefficient (Wildman–Crippen LogP) is 4.55. The molecule has 1 N–H and O–H groups in total. The number of nitrogens with one attached hydrogen (secondary N) is 1. The van der Waals surface area contributed by atoms with Crippen LogP contribution in [0.1, 0.15) is 11.1 Å². The summed E-state index contributed by atoms with van der Waals surface area (Å²) in [5.41, 5.74) is -0.365. The number of hydrogen-bond donors (Lipinski definition) is 1. The summed E-state index contributed by atoms with van der Waals surface area (Å²) in [4.78, 5) is 11.9. The first-order valence-corrected chi connectivity index (χ1v) is 7.96. The molecule has 0 aliphatic rings. The lowest BCUT2D eigenvalue weighted by Crippen LogP contribution is -2.28. The van der Waals surface area contributed by atoms with Gasteiger partial charge in [-0.3, -0.25) is 4.79 Å². The number of ether oxygens (including phenoxy) is 1. The largest absolute Gasteiger partial charge is 0.484 e. The number of fused-ring (bicyclic) bond motifs is 1. The molecule has 0 aromatic heterocycles. The number of hydrogen-bond acceptors (Lipinski definition) is 2. The van der Waals surface area contributed by atoms with Crippen LogP contribution in [0.5, 0.6) is 5.75 Å². The zero-order valence-corrected chi connectivity index (χ0v) is 13.7. The quantitative estimate of drug-likeness (QED) is 0.726. The van der Waals surface area contributed by atoms with Crippen LogP contribution in [-0.2, 0) is 17.5 Å². The van der Waals surface area contributed by atoms with Gasteiger partial charge in [0.25, 0.3) is 5.91 Å². The fourth-order valence-electron chi connectivity index (χ4n) is 2.52. The van der Waals surface area contributed by atoms with Crippen molar-refractivity contribution in [1.82, 2.24) is 5.32 Å². The lowest BCUT2D eigenvalue weighted by atomic mass is 10.1. The molecular weight excluding hydrogens is 343 g/mol. The van der Waals surface area contributed by atoms with E-state index in [4.69, 9.17) is 4.74 Å². The molecule has 3 aromatic rings. The Bertz CT molecular complexity index is 922.